The van der Waals surface area contributed by atoms with E-state index >= 15 is 0 Å². The highest BCUT2D eigenvalue weighted by atomic mass is 32.2. The molecule has 0 saturated heterocycles. The van der Waals surface area contributed by atoms with Crippen LogP contribution < -0.4 is 15.8 Å². The maximum Gasteiger partial charge on any atom is 0.240 e. The largest absolute Gasteiger partial charge is 0.384 e. The van der Waals surface area contributed by atoms with E-state index in [4.69, 9.17) is 5.73 Å². The number of hydrogen-bond acceptors (Lipinski definition) is 5. The number of anilines is 1. The Balaban J connectivity index is 2.55. The molecule has 1 aromatic rings. The van der Waals surface area contributed by atoms with Crippen LogP contribution in [0.5, 0.6) is 0 Å². The lowest BCUT2D eigenvalue weighted by Gasteiger charge is -2.09. The van der Waals surface area contributed by atoms with Crippen molar-refractivity contribution in [1.29, 1.82) is 0 Å². The fourth-order valence-electron chi connectivity index (χ4n) is 1.37. The fourth-order valence-corrected chi connectivity index (χ4v) is 2.42. The van der Waals surface area contributed by atoms with E-state index < -0.39 is 10.0 Å². The van der Waals surface area contributed by atoms with Crippen LogP contribution in [-0.2, 0) is 14.8 Å². The van der Waals surface area contributed by atoms with E-state index in [0.29, 0.717) is 0 Å². The summed E-state index contributed by atoms with van der Waals surface area (Å²) in [4.78, 5) is 15.1. The SMILES string of the molecule is CC(C)NC(=O)CCNS(=O)(=O)c1ccnc(N)c1. The summed E-state index contributed by atoms with van der Waals surface area (Å²) in [5, 5.41) is 2.67. The molecule has 4 N–H and O–H groups in total. The summed E-state index contributed by atoms with van der Waals surface area (Å²) in [6.45, 7) is 3.70. The minimum absolute atomic E-state index is 0.0309. The second-order valence-corrected chi connectivity index (χ2v) is 6.05. The minimum Gasteiger partial charge on any atom is -0.384 e. The van der Waals surface area contributed by atoms with Crippen molar-refractivity contribution in [3.8, 4) is 0 Å². The molecule has 0 unspecified atom stereocenters. The molecule has 0 aromatic carbocycles. The zero-order valence-corrected chi connectivity index (χ0v) is 11.7. The maximum absolute atomic E-state index is 11.9. The Morgan fingerprint density at radius 3 is 2.74 bits per heavy atom. The van der Waals surface area contributed by atoms with Crippen LogP contribution in [0.4, 0.5) is 5.82 Å². The van der Waals surface area contributed by atoms with Gasteiger partial charge < -0.3 is 11.1 Å². The van der Waals surface area contributed by atoms with Crippen LogP contribution in [0.3, 0.4) is 0 Å². The molecule has 0 aliphatic rings. The van der Waals surface area contributed by atoms with Crippen molar-refractivity contribution in [3.05, 3.63) is 18.3 Å². The molecule has 106 valence electrons. The van der Waals surface area contributed by atoms with Gasteiger partial charge in [-0.1, -0.05) is 0 Å². The van der Waals surface area contributed by atoms with Crippen molar-refractivity contribution in [2.24, 2.45) is 0 Å². The molecule has 19 heavy (non-hydrogen) atoms. The van der Waals surface area contributed by atoms with Crippen molar-refractivity contribution in [2.75, 3.05) is 12.3 Å². The smallest absolute Gasteiger partial charge is 0.240 e. The van der Waals surface area contributed by atoms with E-state index in [-0.39, 0.29) is 35.6 Å². The maximum atomic E-state index is 11.9. The predicted octanol–water partition coefficient (Wildman–Crippen LogP) is -0.143. The standard InChI is InChI=1S/C11H18N4O3S/c1-8(2)15-11(16)4-6-14-19(17,18)9-3-5-13-10(12)7-9/h3,5,7-8,14H,4,6H2,1-2H3,(H2,12,13)(H,15,16). The predicted molar refractivity (Wildman–Crippen MR) is 71.7 cm³/mol. The summed E-state index contributed by atoms with van der Waals surface area (Å²) in [5.41, 5.74) is 5.42. The van der Waals surface area contributed by atoms with Crippen molar-refractivity contribution in [3.63, 3.8) is 0 Å². The van der Waals surface area contributed by atoms with Gasteiger partial charge in [-0.15, -0.1) is 0 Å². The lowest BCUT2D eigenvalue weighted by Crippen LogP contribution is -2.34. The van der Waals surface area contributed by atoms with Gasteiger partial charge in [-0.3, -0.25) is 4.79 Å². The number of rotatable bonds is 6. The summed E-state index contributed by atoms with van der Waals surface area (Å²) in [5.74, 6) is -0.0765. The van der Waals surface area contributed by atoms with Crippen molar-refractivity contribution >= 4 is 21.7 Å². The lowest BCUT2D eigenvalue weighted by atomic mass is 10.3. The number of pyridine rings is 1. The van der Waals surface area contributed by atoms with Gasteiger partial charge >= 0.3 is 0 Å². The van der Waals surface area contributed by atoms with Crippen LogP contribution in [0.15, 0.2) is 23.2 Å². The number of aromatic nitrogens is 1. The molecule has 7 nitrogen and oxygen atoms in total. The van der Waals surface area contributed by atoms with Crippen LogP contribution >= 0.6 is 0 Å². The zero-order chi connectivity index (χ0) is 14.5. The molecule has 1 aromatic heterocycles. The van der Waals surface area contributed by atoms with Crippen molar-refractivity contribution < 1.29 is 13.2 Å². The summed E-state index contributed by atoms with van der Waals surface area (Å²) in [6, 6.07) is 2.63. The highest BCUT2D eigenvalue weighted by molar-refractivity contribution is 7.89. The molecule has 0 atom stereocenters. The molecule has 0 fully saturated rings. The third kappa shape index (κ3) is 5.23. The number of nitrogens with one attached hydrogen (secondary N) is 2. The molecule has 1 rings (SSSR count). The number of nitrogens with zero attached hydrogens (tertiary/aromatic N) is 1. The molecule has 8 heteroatoms. The molecule has 0 aliphatic carbocycles. The normalized spacial score (nSPS) is 11.5. The average Bonchev–Trinajstić information content (AvgIpc) is 2.27. The molecule has 0 bridgehead atoms. The van der Waals surface area contributed by atoms with E-state index in [0.717, 1.165) is 0 Å². The second-order valence-electron chi connectivity index (χ2n) is 4.29. The number of nitrogen functional groups attached to an aromatic ring is 1. The first-order valence-corrected chi connectivity index (χ1v) is 7.30. The van der Waals surface area contributed by atoms with Gasteiger partial charge in [0.25, 0.3) is 0 Å². The molecule has 0 radical (unpaired) electrons. The Labute approximate surface area is 112 Å². The van der Waals surface area contributed by atoms with Crippen LogP contribution in [0.2, 0.25) is 0 Å². The van der Waals surface area contributed by atoms with Crippen LogP contribution in [0.25, 0.3) is 0 Å². The van der Waals surface area contributed by atoms with Gasteiger partial charge in [0.2, 0.25) is 15.9 Å². The van der Waals surface area contributed by atoms with E-state index in [1.165, 1.54) is 18.3 Å². The zero-order valence-electron chi connectivity index (χ0n) is 10.9. The molecule has 1 amide bonds. The number of amides is 1. The topological polar surface area (TPSA) is 114 Å². The van der Waals surface area contributed by atoms with Gasteiger partial charge in [-0.2, -0.15) is 0 Å². The Morgan fingerprint density at radius 1 is 1.47 bits per heavy atom. The van der Waals surface area contributed by atoms with Crippen LogP contribution in [0, 0.1) is 0 Å². The average molecular weight is 286 g/mol. The first-order chi connectivity index (χ1) is 8.81. The van der Waals surface area contributed by atoms with Crippen molar-refractivity contribution in [1.82, 2.24) is 15.0 Å². The Kier molecular flexibility index (Phi) is 5.25. The fraction of sp³-hybridized carbons (Fsp3) is 0.455. The van der Waals surface area contributed by atoms with Gasteiger partial charge in [0, 0.05) is 31.3 Å². The summed E-state index contributed by atoms with van der Waals surface area (Å²) in [6.07, 6.45) is 1.40. The first kappa shape index (κ1) is 15.4. The van der Waals surface area contributed by atoms with Gasteiger partial charge in [-0.25, -0.2) is 18.1 Å². The van der Waals surface area contributed by atoms with Crippen LogP contribution in [0.1, 0.15) is 20.3 Å². The summed E-state index contributed by atoms with van der Waals surface area (Å²) in [7, 11) is -3.66. The third-order valence-electron chi connectivity index (χ3n) is 2.16. The highest BCUT2D eigenvalue weighted by Crippen LogP contribution is 2.09. The van der Waals surface area contributed by atoms with Gasteiger partial charge in [0.05, 0.1) is 4.90 Å². The minimum atomic E-state index is -3.66. The van der Waals surface area contributed by atoms with E-state index in [1.807, 2.05) is 13.8 Å². The first-order valence-electron chi connectivity index (χ1n) is 5.82. The Bertz CT molecular complexity index is 543. The highest BCUT2D eigenvalue weighted by Gasteiger charge is 2.14. The van der Waals surface area contributed by atoms with E-state index in [1.54, 1.807) is 0 Å². The number of sulfonamides is 1. The molecule has 0 saturated carbocycles. The second kappa shape index (κ2) is 6.48. The monoisotopic (exact) mass is 286 g/mol. The van der Waals surface area contributed by atoms with Crippen molar-refractivity contribution in [2.45, 2.75) is 31.2 Å². The van der Waals surface area contributed by atoms with Gasteiger partial charge in [0.15, 0.2) is 0 Å². The number of nitrogens with two attached hydrogens (primary N) is 1. The molecule has 0 aliphatic heterocycles. The third-order valence-corrected chi connectivity index (χ3v) is 3.62. The van der Waals surface area contributed by atoms with E-state index in [2.05, 4.69) is 15.0 Å². The molecular formula is C11H18N4O3S. The Hall–Kier alpha value is -1.67. The number of hydrogen-bond donors (Lipinski definition) is 3. The quantitative estimate of drug-likeness (QED) is 0.673. The van der Waals surface area contributed by atoms with Gasteiger partial charge in [0.1, 0.15) is 5.82 Å². The summed E-state index contributed by atoms with van der Waals surface area (Å²) < 4.78 is 26.1. The number of carbonyl (C=O) groups excluding carboxylic acids is 1. The number of carbonyl (C=O) groups is 1. The van der Waals surface area contributed by atoms with Crippen LogP contribution in [-0.4, -0.2) is 31.9 Å². The van der Waals surface area contributed by atoms with Gasteiger partial charge in [-0.05, 0) is 19.9 Å². The molecule has 1 heterocycles. The molecule has 0 spiro atoms. The Morgan fingerprint density at radius 2 is 2.16 bits per heavy atom. The molecular weight excluding hydrogens is 268 g/mol. The lowest BCUT2D eigenvalue weighted by molar-refractivity contribution is -0.121. The summed E-state index contributed by atoms with van der Waals surface area (Å²) >= 11 is 0. The van der Waals surface area contributed by atoms with E-state index in [9.17, 15) is 13.2 Å².